The lowest BCUT2D eigenvalue weighted by atomic mass is 9.90. The van der Waals surface area contributed by atoms with Crippen molar-refractivity contribution in [3.63, 3.8) is 0 Å². The van der Waals surface area contributed by atoms with Crippen molar-refractivity contribution >= 4 is 5.78 Å². The zero-order valence-electron chi connectivity index (χ0n) is 13.9. The minimum absolute atomic E-state index is 0.146. The van der Waals surface area contributed by atoms with E-state index in [-0.39, 0.29) is 11.1 Å². The van der Waals surface area contributed by atoms with Crippen LogP contribution in [0.3, 0.4) is 0 Å². The fraction of sp³-hybridized carbons (Fsp3) is 0.278. The average molecular weight is 414 g/mol. The van der Waals surface area contributed by atoms with E-state index in [2.05, 4.69) is 0 Å². The smallest absolute Gasteiger partial charge is 0.287 e. The van der Waals surface area contributed by atoms with E-state index in [1.807, 2.05) is 0 Å². The molecule has 0 amide bonds. The second-order valence-corrected chi connectivity index (χ2v) is 5.89. The summed E-state index contributed by atoms with van der Waals surface area (Å²) in [6, 6.07) is 10.7. The van der Waals surface area contributed by atoms with Crippen LogP contribution in [0.2, 0.25) is 0 Å². The molecule has 0 bridgehead atoms. The first-order valence-corrected chi connectivity index (χ1v) is 7.56. The van der Waals surface area contributed by atoms with E-state index < -0.39 is 35.3 Å². The van der Waals surface area contributed by atoms with Gasteiger partial charge in [-0.15, -0.1) is 0 Å². The van der Waals surface area contributed by atoms with Gasteiger partial charge in [-0.05, 0) is 23.6 Å². The Morgan fingerprint density at radius 3 is 1.75 bits per heavy atom. The molecule has 28 heavy (non-hydrogen) atoms. The van der Waals surface area contributed by atoms with Crippen molar-refractivity contribution in [1.29, 1.82) is 0 Å². The standard InChI is InChI=1S/C18H11F9O/c1-10-12(11-6-3-2-4-7-11)8-5-9-13(10)14(28)15(19,20)16(21,22)17(23,24)18(25,26)27/h2-9H,1H3. The topological polar surface area (TPSA) is 17.1 Å². The van der Waals surface area contributed by atoms with Crippen LogP contribution in [-0.4, -0.2) is 29.7 Å². The predicted molar refractivity (Wildman–Crippen MR) is 81.8 cm³/mol. The molecule has 0 heterocycles. The molecule has 0 unspecified atom stereocenters. The molecule has 0 radical (unpaired) electrons. The molecule has 152 valence electrons. The Labute approximate surface area is 152 Å². The highest BCUT2D eigenvalue weighted by Gasteiger charge is 2.83. The van der Waals surface area contributed by atoms with Crippen molar-refractivity contribution in [3.05, 3.63) is 59.7 Å². The number of carbonyl (C=O) groups is 1. The summed E-state index contributed by atoms with van der Waals surface area (Å²) in [6.45, 7) is 1.09. The maximum Gasteiger partial charge on any atom is 0.460 e. The fourth-order valence-electron chi connectivity index (χ4n) is 2.50. The number of rotatable bonds is 5. The van der Waals surface area contributed by atoms with E-state index in [4.69, 9.17) is 0 Å². The highest BCUT2D eigenvalue weighted by atomic mass is 19.4. The van der Waals surface area contributed by atoms with Crippen LogP contribution in [0.4, 0.5) is 39.5 Å². The number of hydrogen-bond acceptors (Lipinski definition) is 1. The van der Waals surface area contributed by atoms with Crippen LogP contribution in [0, 0.1) is 6.92 Å². The zero-order chi connectivity index (χ0) is 21.5. The Balaban J connectivity index is 2.57. The third-order valence-electron chi connectivity index (χ3n) is 4.09. The van der Waals surface area contributed by atoms with Gasteiger partial charge < -0.3 is 0 Å². The number of carbonyl (C=O) groups excluding carboxylic acids is 1. The quantitative estimate of drug-likeness (QED) is 0.414. The first-order chi connectivity index (χ1) is 12.7. The molecule has 0 aliphatic rings. The normalized spacial score (nSPS) is 13.5. The molecule has 2 rings (SSSR count). The van der Waals surface area contributed by atoms with Gasteiger partial charge in [0.05, 0.1) is 0 Å². The Kier molecular flexibility index (Phi) is 5.31. The van der Waals surface area contributed by atoms with Gasteiger partial charge in [0.2, 0.25) is 5.78 Å². The molecule has 0 aromatic heterocycles. The lowest BCUT2D eigenvalue weighted by Crippen LogP contribution is -2.63. The SMILES string of the molecule is Cc1c(C(=O)C(F)(F)C(F)(F)C(F)(F)C(F)(F)F)cccc1-c1ccccc1. The van der Waals surface area contributed by atoms with Crippen LogP contribution in [0.25, 0.3) is 11.1 Å². The second kappa shape index (κ2) is 6.82. The van der Waals surface area contributed by atoms with Crippen molar-refractivity contribution in [2.75, 3.05) is 0 Å². The summed E-state index contributed by atoms with van der Waals surface area (Å²) in [6.07, 6.45) is -6.98. The predicted octanol–water partition coefficient (Wildman–Crippen LogP) is 6.31. The molecule has 2 aromatic carbocycles. The largest absolute Gasteiger partial charge is 0.460 e. The number of benzene rings is 2. The molecule has 0 N–H and O–H groups in total. The number of halogens is 9. The lowest BCUT2D eigenvalue weighted by Gasteiger charge is -2.33. The minimum atomic E-state index is -7.12. The van der Waals surface area contributed by atoms with Gasteiger partial charge in [-0.1, -0.05) is 48.5 Å². The summed E-state index contributed by atoms with van der Waals surface area (Å²) < 4.78 is 118. The van der Waals surface area contributed by atoms with E-state index in [0.717, 1.165) is 13.0 Å². The Hall–Kier alpha value is -2.52. The van der Waals surface area contributed by atoms with E-state index in [9.17, 15) is 44.3 Å². The lowest BCUT2D eigenvalue weighted by molar-refractivity contribution is -0.386. The first-order valence-electron chi connectivity index (χ1n) is 7.56. The summed E-state index contributed by atoms with van der Waals surface area (Å²) in [7, 11) is 0. The molecule has 0 saturated heterocycles. The molecule has 10 heteroatoms. The molecule has 0 aliphatic heterocycles. The number of Topliss-reactive ketones (excluding diaryl/α,β-unsaturated/α-hetero) is 1. The highest BCUT2D eigenvalue weighted by molar-refractivity contribution is 6.04. The second-order valence-electron chi connectivity index (χ2n) is 5.89. The van der Waals surface area contributed by atoms with Crippen molar-refractivity contribution < 1.29 is 44.3 Å². The van der Waals surface area contributed by atoms with E-state index in [1.165, 1.54) is 18.2 Å². The monoisotopic (exact) mass is 414 g/mol. The van der Waals surface area contributed by atoms with Crippen molar-refractivity contribution in [2.24, 2.45) is 0 Å². The van der Waals surface area contributed by atoms with Gasteiger partial charge in [-0.3, -0.25) is 4.79 Å². The highest BCUT2D eigenvalue weighted by Crippen LogP contribution is 2.54. The third kappa shape index (κ3) is 3.24. The van der Waals surface area contributed by atoms with E-state index in [0.29, 0.717) is 11.6 Å². The minimum Gasteiger partial charge on any atom is -0.287 e. The molecule has 0 saturated carbocycles. The van der Waals surface area contributed by atoms with Crippen molar-refractivity contribution in [3.8, 4) is 11.1 Å². The van der Waals surface area contributed by atoms with Gasteiger partial charge >= 0.3 is 23.9 Å². The van der Waals surface area contributed by atoms with Gasteiger partial charge in [0.25, 0.3) is 0 Å². The first kappa shape index (κ1) is 21.8. The summed E-state index contributed by atoms with van der Waals surface area (Å²) in [5.41, 5.74) is -0.827. The maximum absolute atomic E-state index is 13.9. The molecular formula is C18H11F9O. The number of hydrogen-bond donors (Lipinski definition) is 0. The Morgan fingerprint density at radius 2 is 1.25 bits per heavy atom. The number of ketones is 1. The van der Waals surface area contributed by atoms with Gasteiger partial charge in [-0.2, -0.15) is 39.5 Å². The Bertz CT molecular complexity index is 870. The number of alkyl halides is 9. The molecule has 0 atom stereocenters. The fourth-order valence-corrected chi connectivity index (χ4v) is 2.50. The van der Waals surface area contributed by atoms with Gasteiger partial charge in [0.1, 0.15) is 0 Å². The maximum atomic E-state index is 13.9. The molecule has 0 aliphatic carbocycles. The van der Waals surface area contributed by atoms with E-state index in [1.54, 1.807) is 18.2 Å². The molecule has 1 nitrogen and oxygen atoms in total. The van der Waals surface area contributed by atoms with Gasteiger partial charge in [-0.25, -0.2) is 0 Å². The summed E-state index contributed by atoms with van der Waals surface area (Å²) in [5.74, 6) is -23.3. The van der Waals surface area contributed by atoms with Crippen LogP contribution in [-0.2, 0) is 0 Å². The zero-order valence-corrected chi connectivity index (χ0v) is 13.9. The summed E-state index contributed by atoms with van der Waals surface area (Å²) in [4.78, 5) is 12.0. The van der Waals surface area contributed by atoms with Crippen LogP contribution in [0.1, 0.15) is 15.9 Å². The molecule has 0 spiro atoms. The van der Waals surface area contributed by atoms with E-state index >= 15 is 0 Å². The molecule has 0 fully saturated rings. The van der Waals surface area contributed by atoms with Crippen molar-refractivity contribution in [1.82, 2.24) is 0 Å². The third-order valence-corrected chi connectivity index (χ3v) is 4.09. The van der Waals surface area contributed by atoms with Crippen LogP contribution in [0.15, 0.2) is 48.5 Å². The van der Waals surface area contributed by atoms with Crippen molar-refractivity contribution in [2.45, 2.75) is 30.9 Å². The van der Waals surface area contributed by atoms with Crippen LogP contribution >= 0.6 is 0 Å². The molecular weight excluding hydrogens is 403 g/mol. The van der Waals surface area contributed by atoms with Crippen LogP contribution in [0.5, 0.6) is 0 Å². The Morgan fingerprint density at radius 1 is 0.714 bits per heavy atom. The average Bonchev–Trinajstić information content (AvgIpc) is 2.60. The van der Waals surface area contributed by atoms with Gasteiger partial charge in [0, 0.05) is 5.56 Å². The summed E-state index contributed by atoms with van der Waals surface area (Å²) >= 11 is 0. The molecule has 2 aromatic rings. The summed E-state index contributed by atoms with van der Waals surface area (Å²) in [5, 5.41) is 0. The van der Waals surface area contributed by atoms with Gasteiger partial charge in [0.15, 0.2) is 0 Å². The van der Waals surface area contributed by atoms with Crippen LogP contribution < -0.4 is 0 Å².